The number of nitrogens with zero attached hydrogens (tertiary/aromatic N) is 1. The van der Waals surface area contributed by atoms with E-state index in [0.29, 0.717) is 17.4 Å². The first-order valence-corrected chi connectivity index (χ1v) is 10.7. The first-order chi connectivity index (χ1) is 14.4. The van der Waals surface area contributed by atoms with E-state index in [0.717, 1.165) is 17.5 Å². The Hall–Kier alpha value is -2.76. The van der Waals surface area contributed by atoms with Crippen molar-refractivity contribution in [1.82, 2.24) is 4.90 Å². The van der Waals surface area contributed by atoms with Gasteiger partial charge in [0.15, 0.2) is 12.4 Å². The Bertz CT molecular complexity index is 959. The van der Waals surface area contributed by atoms with Crippen molar-refractivity contribution in [3.8, 4) is 0 Å². The lowest BCUT2D eigenvalue weighted by Crippen LogP contribution is -2.40. The number of aryl methyl sites for hydroxylation is 2. The number of amides is 2. The van der Waals surface area contributed by atoms with E-state index >= 15 is 0 Å². The molecular weight excluding hydrogens is 382 g/mol. The summed E-state index contributed by atoms with van der Waals surface area (Å²) in [5, 5.41) is 0. The van der Waals surface area contributed by atoms with Gasteiger partial charge >= 0.3 is 5.97 Å². The van der Waals surface area contributed by atoms with Crippen LogP contribution in [-0.2, 0) is 19.1 Å². The summed E-state index contributed by atoms with van der Waals surface area (Å²) in [5.74, 6) is -0.180. The van der Waals surface area contributed by atoms with Crippen LogP contribution in [0.15, 0.2) is 30.4 Å². The predicted octanol–water partition coefficient (Wildman–Crippen LogP) is 2.47. The Morgan fingerprint density at radius 1 is 1.00 bits per heavy atom. The van der Waals surface area contributed by atoms with E-state index in [-0.39, 0.29) is 60.8 Å². The van der Waals surface area contributed by atoms with Gasteiger partial charge in [-0.2, -0.15) is 0 Å². The van der Waals surface area contributed by atoms with Crippen LogP contribution in [0.4, 0.5) is 0 Å². The number of rotatable bonds is 6. The van der Waals surface area contributed by atoms with Crippen LogP contribution in [0.25, 0.3) is 0 Å². The summed E-state index contributed by atoms with van der Waals surface area (Å²) in [4.78, 5) is 51.4. The lowest BCUT2D eigenvalue weighted by atomic mass is 9.63. The van der Waals surface area contributed by atoms with Crippen molar-refractivity contribution in [2.24, 2.45) is 35.5 Å². The number of ether oxygens (including phenoxy) is 1. The number of hydrogen-bond donors (Lipinski definition) is 0. The minimum absolute atomic E-state index is 0.0239. The van der Waals surface area contributed by atoms with Gasteiger partial charge in [-0.05, 0) is 61.1 Å². The Kier molecular flexibility index (Phi) is 4.42. The number of imide groups is 1. The van der Waals surface area contributed by atoms with Gasteiger partial charge in [0.05, 0.1) is 18.3 Å². The smallest absolute Gasteiger partial charge is 0.308 e. The summed E-state index contributed by atoms with van der Waals surface area (Å²) in [5.41, 5.74) is 2.59. The highest BCUT2D eigenvalue weighted by Gasteiger charge is 2.66. The lowest BCUT2D eigenvalue weighted by Gasteiger charge is -2.37. The molecule has 6 nitrogen and oxygen atoms in total. The molecule has 1 heterocycles. The number of carbonyl (C=O) groups excluding carboxylic acids is 4. The zero-order valence-electron chi connectivity index (χ0n) is 17.2. The fourth-order valence-electron chi connectivity index (χ4n) is 5.66. The third kappa shape index (κ3) is 2.92. The van der Waals surface area contributed by atoms with Crippen molar-refractivity contribution < 1.29 is 23.9 Å². The Morgan fingerprint density at radius 2 is 1.63 bits per heavy atom. The number of allylic oxidation sites excluding steroid dienone is 2. The molecule has 5 aliphatic rings. The van der Waals surface area contributed by atoms with Gasteiger partial charge in [0.2, 0.25) is 11.8 Å². The number of carbonyl (C=O) groups is 4. The van der Waals surface area contributed by atoms with E-state index in [9.17, 15) is 19.2 Å². The molecule has 0 aromatic heterocycles. The van der Waals surface area contributed by atoms with Crippen LogP contribution in [0.5, 0.6) is 0 Å². The molecule has 1 aromatic carbocycles. The minimum Gasteiger partial charge on any atom is -0.457 e. The van der Waals surface area contributed by atoms with Gasteiger partial charge in [0.1, 0.15) is 0 Å². The van der Waals surface area contributed by atoms with Crippen molar-refractivity contribution in [2.75, 3.05) is 13.2 Å². The van der Waals surface area contributed by atoms with Gasteiger partial charge in [-0.25, -0.2) is 0 Å². The van der Waals surface area contributed by atoms with Gasteiger partial charge in [-0.1, -0.05) is 24.3 Å². The monoisotopic (exact) mass is 407 g/mol. The highest BCUT2D eigenvalue weighted by molar-refractivity contribution is 6.06. The lowest BCUT2D eigenvalue weighted by molar-refractivity contribution is -0.145. The normalized spacial score (nSPS) is 32.8. The van der Waals surface area contributed by atoms with Crippen LogP contribution in [0.1, 0.15) is 34.3 Å². The van der Waals surface area contributed by atoms with Crippen LogP contribution in [0, 0.1) is 49.4 Å². The van der Waals surface area contributed by atoms with Crippen LogP contribution >= 0.6 is 0 Å². The molecule has 1 saturated heterocycles. The van der Waals surface area contributed by atoms with Crippen LogP contribution in [-0.4, -0.2) is 41.6 Å². The molecule has 0 spiro atoms. The Morgan fingerprint density at radius 3 is 2.23 bits per heavy atom. The molecule has 2 saturated carbocycles. The second kappa shape index (κ2) is 6.89. The van der Waals surface area contributed by atoms with Gasteiger partial charge in [-0.15, -0.1) is 0 Å². The van der Waals surface area contributed by atoms with Crippen molar-refractivity contribution >= 4 is 23.6 Å². The zero-order valence-corrected chi connectivity index (χ0v) is 17.2. The quantitative estimate of drug-likeness (QED) is 0.313. The van der Waals surface area contributed by atoms with E-state index < -0.39 is 5.97 Å². The SMILES string of the molecule is Cc1ccc(C(=O)COC(=O)CCN2C(=O)[C@@H]3[C@H]4C=C[C@H]([C@H]5C[C@H]45)[C@@H]3C2=O)cc1C. The van der Waals surface area contributed by atoms with E-state index in [1.54, 1.807) is 12.1 Å². The number of ketones is 1. The predicted molar refractivity (Wildman–Crippen MR) is 107 cm³/mol. The average Bonchev–Trinajstić information content (AvgIpc) is 3.51. The summed E-state index contributed by atoms with van der Waals surface area (Å²) in [7, 11) is 0. The molecule has 6 rings (SSSR count). The molecule has 0 N–H and O–H groups in total. The van der Waals surface area contributed by atoms with Gasteiger partial charge < -0.3 is 4.74 Å². The van der Waals surface area contributed by atoms with Crippen LogP contribution in [0.2, 0.25) is 0 Å². The molecule has 30 heavy (non-hydrogen) atoms. The summed E-state index contributed by atoms with van der Waals surface area (Å²) in [6.45, 7) is 3.57. The Balaban J connectivity index is 1.15. The minimum atomic E-state index is -0.577. The first-order valence-electron chi connectivity index (χ1n) is 10.7. The highest BCUT2D eigenvalue weighted by Crippen LogP contribution is 2.65. The second-order valence-electron chi connectivity index (χ2n) is 9.12. The van der Waals surface area contributed by atoms with Gasteiger partial charge in [-0.3, -0.25) is 24.1 Å². The summed E-state index contributed by atoms with van der Waals surface area (Å²) in [6, 6.07) is 5.36. The van der Waals surface area contributed by atoms with E-state index in [1.165, 1.54) is 4.90 Å². The molecule has 3 fully saturated rings. The van der Waals surface area contributed by atoms with Gasteiger partial charge in [0.25, 0.3) is 0 Å². The van der Waals surface area contributed by atoms with Crippen LogP contribution in [0.3, 0.4) is 0 Å². The molecule has 2 bridgehead atoms. The van der Waals surface area contributed by atoms with E-state index in [4.69, 9.17) is 4.74 Å². The Labute approximate surface area is 175 Å². The molecule has 2 amide bonds. The molecule has 6 atom stereocenters. The second-order valence-corrected chi connectivity index (χ2v) is 9.12. The number of esters is 1. The molecule has 0 unspecified atom stereocenters. The van der Waals surface area contributed by atoms with Gasteiger partial charge in [0, 0.05) is 12.1 Å². The molecule has 1 aromatic rings. The number of likely N-dealkylation sites (tertiary alicyclic amines) is 1. The molecule has 4 aliphatic carbocycles. The largest absolute Gasteiger partial charge is 0.457 e. The topological polar surface area (TPSA) is 80.8 Å². The highest BCUT2D eigenvalue weighted by atomic mass is 16.5. The molecule has 1 aliphatic heterocycles. The molecular formula is C24H25NO5. The number of Topliss-reactive ketones (excluding diaryl/α,β-unsaturated/α-hetero) is 1. The number of hydrogen-bond acceptors (Lipinski definition) is 5. The van der Waals surface area contributed by atoms with Crippen molar-refractivity contribution in [2.45, 2.75) is 26.7 Å². The maximum Gasteiger partial charge on any atom is 0.308 e. The molecule has 0 radical (unpaired) electrons. The maximum atomic E-state index is 12.9. The summed E-state index contributed by atoms with van der Waals surface area (Å²) in [6.07, 6.45) is 5.28. The van der Waals surface area contributed by atoms with E-state index in [2.05, 4.69) is 12.2 Å². The van der Waals surface area contributed by atoms with Crippen LogP contribution < -0.4 is 0 Å². The first kappa shape index (κ1) is 19.2. The zero-order chi connectivity index (χ0) is 21.2. The van der Waals surface area contributed by atoms with E-state index in [1.807, 2.05) is 19.9 Å². The standard InChI is InChI=1S/C24H25NO5/c1-12-3-4-14(9-13(12)2)19(26)11-30-20(27)7-8-25-23(28)21-15-5-6-16(18-10-17(15)18)22(21)24(25)29/h3-6,9,15-18,21-22H,7-8,10-11H2,1-2H3/t15-,16+,17-,18-,21+,22-/m1/s1. The summed E-state index contributed by atoms with van der Waals surface area (Å²) >= 11 is 0. The van der Waals surface area contributed by atoms with Crippen molar-refractivity contribution in [3.05, 3.63) is 47.0 Å². The fourth-order valence-corrected chi connectivity index (χ4v) is 5.66. The third-order valence-electron chi connectivity index (χ3n) is 7.49. The van der Waals surface area contributed by atoms with Crippen molar-refractivity contribution in [3.63, 3.8) is 0 Å². The average molecular weight is 407 g/mol. The molecule has 156 valence electrons. The maximum absolute atomic E-state index is 12.9. The summed E-state index contributed by atoms with van der Waals surface area (Å²) < 4.78 is 5.11. The van der Waals surface area contributed by atoms with Crippen molar-refractivity contribution in [1.29, 1.82) is 0 Å². The number of benzene rings is 1. The third-order valence-corrected chi connectivity index (χ3v) is 7.49. The fraction of sp³-hybridized carbons (Fsp3) is 0.500. The molecule has 6 heteroatoms.